The van der Waals surface area contributed by atoms with Gasteiger partial charge in [-0.3, -0.25) is 4.90 Å². The van der Waals surface area contributed by atoms with Crippen LogP contribution in [0.1, 0.15) is 18.1 Å². The molecule has 1 aliphatic rings. The molecule has 0 amide bonds. The van der Waals surface area contributed by atoms with E-state index in [0.717, 1.165) is 32.1 Å². The van der Waals surface area contributed by atoms with E-state index in [9.17, 15) is 0 Å². The van der Waals surface area contributed by atoms with Gasteiger partial charge in [0.15, 0.2) is 0 Å². The Morgan fingerprint density at radius 1 is 1.33 bits per heavy atom. The van der Waals surface area contributed by atoms with E-state index in [1.807, 2.05) is 12.1 Å². The van der Waals surface area contributed by atoms with Crippen LogP contribution in [0.2, 0.25) is 0 Å². The lowest BCUT2D eigenvalue weighted by molar-refractivity contribution is -0.0374. The fraction of sp³-hybridized carbons (Fsp3) is 0.368. The lowest BCUT2D eigenvalue weighted by atomic mass is 10.1. The quantitative estimate of drug-likeness (QED) is 0.917. The third kappa shape index (κ3) is 4.31. The number of pyridine rings is 1. The smallest absolute Gasteiger partial charge is 0.126 e. The number of hydrogen-bond acceptors (Lipinski definition) is 5. The molecule has 124 valence electrons. The average molecular weight is 322 g/mol. The highest BCUT2D eigenvalue weighted by Crippen LogP contribution is 2.15. The maximum absolute atomic E-state index is 8.83. The Bertz CT molecular complexity index is 681. The van der Waals surface area contributed by atoms with Crippen LogP contribution in [0.5, 0.6) is 0 Å². The minimum atomic E-state index is 0.111. The molecule has 0 spiro atoms. The summed E-state index contributed by atoms with van der Waals surface area (Å²) in [5.74, 6) is 0.769. The van der Waals surface area contributed by atoms with Gasteiger partial charge in [-0.25, -0.2) is 4.98 Å². The van der Waals surface area contributed by atoms with Crippen LogP contribution in [0.3, 0.4) is 0 Å². The van der Waals surface area contributed by atoms with Crippen LogP contribution >= 0.6 is 0 Å². The van der Waals surface area contributed by atoms with E-state index in [2.05, 4.69) is 52.5 Å². The van der Waals surface area contributed by atoms with Crippen LogP contribution in [0.25, 0.3) is 0 Å². The van der Waals surface area contributed by atoms with E-state index in [4.69, 9.17) is 10.00 Å². The van der Waals surface area contributed by atoms with E-state index < -0.39 is 0 Å². The van der Waals surface area contributed by atoms with Crippen molar-refractivity contribution in [3.05, 3.63) is 59.8 Å². The number of ether oxygens (including phenoxy) is 1. The highest BCUT2D eigenvalue weighted by molar-refractivity contribution is 5.39. The molecule has 5 nitrogen and oxygen atoms in total. The lowest BCUT2D eigenvalue weighted by Crippen LogP contribution is -2.48. The van der Waals surface area contributed by atoms with Crippen LogP contribution in [0, 0.1) is 11.3 Å². The number of morpholine rings is 1. The summed E-state index contributed by atoms with van der Waals surface area (Å²) in [5.41, 5.74) is 1.89. The first-order valence-corrected chi connectivity index (χ1v) is 8.25. The minimum Gasteiger partial charge on any atom is -0.373 e. The van der Waals surface area contributed by atoms with Crippen molar-refractivity contribution in [3.8, 4) is 6.07 Å². The number of hydrogen-bond donors (Lipinski definition) is 1. The molecule has 0 bridgehead atoms. The number of nitriles is 1. The molecule has 1 N–H and O–H groups in total. The Balaban J connectivity index is 1.56. The Morgan fingerprint density at radius 3 is 2.88 bits per heavy atom. The zero-order valence-electron chi connectivity index (χ0n) is 13.9. The molecular weight excluding hydrogens is 300 g/mol. The summed E-state index contributed by atoms with van der Waals surface area (Å²) in [6.07, 6.45) is 1.69. The van der Waals surface area contributed by atoms with Crippen LogP contribution in [-0.2, 0) is 11.3 Å². The van der Waals surface area contributed by atoms with Crippen molar-refractivity contribution in [2.24, 2.45) is 0 Å². The zero-order chi connectivity index (χ0) is 16.8. The van der Waals surface area contributed by atoms with Gasteiger partial charge >= 0.3 is 0 Å². The van der Waals surface area contributed by atoms with Gasteiger partial charge in [0, 0.05) is 25.8 Å². The fourth-order valence-electron chi connectivity index (χ4n) is 2.89. The third-order valence-electron chi connectivity index (χ3n) is 4.25. The van der Waals surface area contributed by atoms with Gasteiger partial charge in [-0.15, -0.1) is 0 Å². The third-order valence-corrected chi connectivity index (χ3v) is 4.25. The molecular formula is C19H22N4O. The molecule has 3 rings (SSSR count). The summed E-state index contributed by atoms with van der Waals surface area (Å²) in [7, 11) is 0. The predicted octanol–water partition coefficient (Wildman–Crippen LogP) is 2.65. The summed E-state index contributed by atoms with van der Waals surface area (Å²) in [6, 6.07) is 16.3. The molecule has 1 fully saturated rings. The van der Waals surface area contributed by atoms with Crippen molar-refractivity contribution < 1.29 is 4.74 Å². The number of anilines is 1. The van der Waals surface area contributed by atoms with Crippen molar-refractivity contribution in [2.75, 3.05) is 25.0 Å². The van der Waals surface area contributed by atoms with E-state index in [0.29, 0.717) is 5.56 Å². The SMILES string of the molecule is C[C@@H](Nc1ccc(C#N)cn1)[C@H]1CN(Cc2ccccc2)CCO1. The molecule has 2 atom stereocenters. The van der Waals surface area contributed by atoms with Crippen molar-refractivity contribution in [2.45, 2.75) is 25.6 Å². The molecule has 1 aromatic heterocycles. The van der Waals surface area contributed by atoms with Crippen LogP contribution < -0.4 is 5.32 Å². The van der Waals surface area contributed by atoms with Crippen molar-refractivity contribution in [1.29, 1.82) is 5.26 Å². The molecule has 0 aliphatic carbocycles. The van der Waals surface area contributed by atoms with Crippen molar-refractivity contribution in [3.63, 3.8) is 0 Å². The zero-order valence-corrected chi connectivity index (χ0v) is 13.9. The van der Waals surface area contributed by atoms with E-state index in [1.54, 1.807) is 12.3 Å². The first-order valence-electron chi connectivity index (χ1n) is 8.25. The maximum atomic E-state index is 8.83. The number of benzene rings is 1. The molecule has 0 radical (unpaired) electrons. The molecule has 0 unspecified atom stereocenters. The number of nitrogens with zero attached hydrogens (tertiary/aromatic N) is 3. The Labute approximate surface area is 142 Å². The van der Waals surface area contributed by atoms with Gasteiger partial charge in [0.05, 0.1) is 24.3 Å². The molecule has 2 heterocycles. The van der Waals surface area contributed by atoms with Gasteiger partial charge < -0.3 is 10.1 Å². The molecule has 24 heavy (non-hydrogen) atoms. The van der Waals surface area contributed by atoms with Gasteiger partial charge in [0.2, 0.25) is 0 Å². The number of aromatic nitrogens is 1. The maximum Gasteiger partial charge on any atom is 0.126 e. The second-order valence-electron chi connectivity index (χ2n) is 6.11. The summed E-state index contributed by atoms with van der Waals surface area (Å²) in [5, 5.41) is 12.2. The molecule has 1 aromatic carbocycles. The molecule has 1 saturated heterocycles. The summed E-state index contributed by atoms with van der Waals surface area (Å²) in [4.78, 5) is 6.69. The van der Waals surface area contributed by atoms with Gasteiger partial charge in [-0.2, -0.15) is 5.26 Å². The number of nitrogens with one attached hydrogen (secondary N) is 1. The van der Waals surface area contributed by atoms with Gasteiger partial charge in [0.25, 0.3) is 0 Å². The van der Waals surface area contributed by atoms with E-state index in [-0.39, 0.29) is 12.1 Å². The van der Waals surface area contributed by atoms with Crippen LogP contribution in [-0.4, -0.2) is 41.7 Å². The van der Waals surface area contributed by atoms with E-state index in [1.165, 1.54) is 5.56 Å². The Hall–Kier alpha value is -2.42. The fourth-order valence-corrected chi connectivity index (χ4v) is 2.89. The minimum absolute atomic E-state index is 0.111. The molecule has 5 heteroatoms. The normalized spacial score (nSPS) is 19.4. The van der Waals surface area contributed by atoms with Crippen molar-refractivity contribution in [1.82, 2.24) is 9.88 Å². The highest BCUT2D eigenvalue weighted by Gasteiger charge is 2.25. The summed E-state index contributed by atoms with van der Waals surface area (Å²) < 4.78 is 5.94. The van der Waals surface area contributed by atoms with Crippen LogP contribution in [0.4, 0.5) is 5.82 Å². The Kier molecular flexibility index (Phi) is 5.42. The van der Waals surface area contributed by atoms with Crippen LogP contribution in [0.15, 0.2) is 48.7 Å². The largest absolute Gasteiger partial charge is 0.373 e. The molecule has 2 aromatic rings. The average Bonchev–Trinajstić information content (AvgIpc) is 2.63. The van der Waals surface area contributed by atoms with Gasteiger partial charge in [-0.1, -0.05) is 30.3 Å². The molecule has 1 aliphatic heterocycles. The monoisotopic (exact) mass is 322 g/mol. The highest BCUT2D eigenvalue weighted by atomic mass is 16.5. The second-order valence-corrected chi connectivity index (χ2v) is 6.11. The standard InChI is InChI=1S/C19H22N4O/c1-15(22-19-8-7-17(11-20)12-21-19)18-14-23(9-10-24-18)13-16-5-3-2-4-6-16/h2-8,12,15,18H,9-10,13-14H2,1H3,(H,21,22)/t15-,18-/m1/s1. The first kappa shape index (κ1) is 16.4. The topological polar surface area (TPSA) is 61.2 Å². The second kappa shape index (κ2) is 7.91. The van der Waals surface area contributed by atoms with Gasteiger partial charge in [0.1, 0.15) is 11.9 Å². The molecule has 0 saturated carbocycles. The first-order chi connectivity index (χ1) is 11.7. The van der Waals surface area contributed by atoms with E-state index >= 15 is 0 Å². The predicted molar refractivity (Wildman–Crippen MR) is 93.5 cm³/mol. The van der Waals surface area contributed by atoms with Crippen molar-refractivity contribution >= 4 is 5.82 Å². The summed E-state index contributed by atoms with van der Waals surface area (Å²) in [6.45, 7) is 5.63. The summed E-state index contributed by atoms with van der Waals surface area (Å²) >= 11 is 0. The lowest BCUT2D eigenvalue weighted by Gasteiger charge is -2.36. The van der Waals surface area contributed by atoms with Gasteiger partial charge in [-0.05, 0) is 24.6 Å². The number of rotatable bonds is 5. The Morgan fingerprint density at radius 2 is 2.17 bits per heavy atom.